The molecular formula is C22H17F6N2O4-. The van der Waals surface area contributed by atoms with Gasteiger partial charge < -0.3 is 24.9 Å². The van der Waals surface area contributed by atoms with Gasteiger partial charge in [-0.05, 0) is 41.8 Å². The number of amides is 1. The predicted octanol–water partition coefficient (Wildman–Crippen LogP) is 5.20. The van der Waals surface area contributed by atoms with Crippen LogP contribution in [0.4, 0.5) is 32.0 Å². The maximum absolute atomic E-state index is 13.8. The molecule has 0 aliphatic rings. The Morgan fingerprint density at radius 1 is 1.03 bits per heavy atom. The number of nitrogens with one attached hydrogen (secondary N) is 2. The van der Waals surface area contributed by atoms with E-state index in [9.17, 15) is 41.0 Å². The zero-order valence-electron chi connectivity index (χ0n) is 17.6. The van der Waals surface area contributed by atoms with Gasteiger partial charge in [-0.15, -0.1) is 0 Å². The van der Waals surface area contributed by atoms with E-state index in [2.05, 4.69) is 4.98 Å². The highest BCUT2D eigenvalue weighted by Crippen LogP contribution is 2.47. The second-order valence-corrected chi connectivity index (χ2v) is 7.70. The van der Waals surface area contributed by atoms with Crippen LogP contribution in [-0.2, 0) is 21.9 Å². The van der Waals surface area contributed by atoms with Crippen LogP contribution in [-0.4, -0.2) is 16.9 Å². The molecule has 0 fully saturated rings. The minimum absolute atomic E-state index is 0.0179. The zero-order chi connectivity index (χ0) is 25.4. The lowest BCUT2D eigenvalue weighted by Gasteiger charge is -2.21. The second kappa shape index (κ2) is 8.92. The van der Waals surface area contributed by atoms with E-state index in [4.69, 9.17) is 4.74 Å². The highest BCUT2D eigenvalue weighted by atomic mass is 19.4. The fraction of sp³-hybridized carbons (Fsp3) is 0.273. The van der Waals surface area contributed by atoms with Gasteiger partial charge in [0, 0.05) is 22.8 Å². The SMILES string of the molecule is CC(C)c1c[nH]c2ccc(Oc3c(C(F)(F)F)cc(NC(=O)CC(=O)[O-])cc3C(F)(F)F)cc12. The van der Waals surface area contributed by atoms with Crippen LogP contribution in [0.25, 0.3) is 10.9 Å². The Hall–Kier alpha value is -3.70. The number of carbonyl (C=O) groups is 2. The molecule has 0 saturated heterocycles. The lowest BCUT2D eigenvalue weighted by Crippen LogP contribution is -2.28. The van der Waals surface area contributed by atoms with Crippen molar-refractivity contribution in [2.24, 2.45) is 0 Å². The average molecular weight is 487 g/mol. The first-order valence-electron chi connectivity index (χ1n) is 9.78. The summed E-state index contributed by atoms with van der Waals surface area (Å²) in [6, 6.07) is 4.50. The molecule has 182 valence electrons. The Morgan fingerprint density at radius 2 is 1.62 bits per heavy atom. The molecular weight excluding hydrogens is 470 g/mol. The molecule has 1 heterocycles. The molecule has 34 heavy (non-hydrogen) atoms. The molecule has 6 nitrogen and oxygen atoms in total. The molecule has 0 radical (unpaired) electrons. The van der Waals surface area contributed by atoms with Crippen molar-refractivity contribution in [1.82, 2.24) is 4.98 Å². The number of hydrogen-bond acceptors (Lipinski definition) is 4. The number of aliphatic carboxylic acids is 1. The molecule has 2 N–H and O–H groups in total. The molecule has 1 aromatic heterocycles. The topological polar surface area (TPSA) is 94.2 Å². The third kappa shape index (κ3) is 5.43. The van der Waals surface area contributed by atoms with Crippen LogP contribution in [0.3, 0.4) is 0 Å². The van der Waals surface area contributed by atoms with Crippen LogP contribution in [0.1, 0.15) is 42.9 Å². The van der Waals surface area contributed by atoms with Crippen molar-refractivity contribution in [2.45, 2.75) is 38.5 Å². The third-order valence-electron chi connectivity index (χ3n) is 4.82. The minimum atomic E-state index is -5.30. The molecule has 0 unspecified atom stereocenters. The zero-order valence-corrected chi connectivity index (χ0v) is 17.6. The molecule has 2 aromatic carbocycles. The largest absolute Gasteiger partial charge is 0.550 e. The third-order valence-corrected chi connectivity index (χ3v) is 4.82. The van der Waals surface area contributed by atoms with Crippen molar-refractivity contribution < 1.29 is 45.8 Å². The van der Waals surface area contributed by atoms with Crippen molar-refractivity contribution in [3.63, 3.8) is 0 Å². The molecule has 0 bridgehead atoms. The van der Waals surface area contributed by atoms with E-state index in [-0.39, 0.29) is 23.8 Å². The number of rotatable bonds is 6. The normalized spacial score (nSPS) is 12.3. The van der Waals surface area contributed by atoms with E-state index in [0.29, 0.717) is 10.9 Å². The summed E-state index contributed by atoms with van der Waals surface area (Å²) in [4.78, 5) is 25.0. The average Bonchev–Trinajstić information content (AvgIpc) is 3.10. The van der Waals surface area contributed by atoms with Gasteiger partial charge >= 0.3 is 12.4 Å². The molecule has 3 rings (SSSR count). The van der Waals surface area contributed by atoms with Crippen molar-refractivity contribution in [3.05, 3.63) is 53.2 Å². The standard InChI is InChI=1S/C22H18F6N2O4/c1-10(2)14-9-29-17-4-3-12(7-13(14)17)34-20-15(21(23,24)25)5-11(6-16(20)22(26,27)28)30-18(31)8-19(32)33/h3-7,9-10,29H,8H2,1-2H3,(H,30,31)(H,32,33)/p-1. The van der Waals surface area contributed by atoms with Crippen LogP contribution in [0.2, 0.25) is 0 Å². The highest BCUT2D eigenvalue weighted by molar-refractivity contribution is 6.01. The number of anilines is 1. The number of aromatic amines is 1. The summed E-state index contributed by atoms with van der Waals surface area (Å²) in [6.45, 7) is 3.74. The van der Waals surface area contributed by atoms with E-state index < -0.39 is 53.2 Å². The Labute approximate surface area is 188 Å². The number of halogens is 6. The Balaban J connectivity index is 2.15. The van der Waals surface area contributed by atoms with Gasteiger partial charge in [-0.3, -0.25) is 4.79 Å². The molecule has 0 saturated carbocycles. The van der Waals surface area contributed by atoms with E-state index in [1.807, 2.05) is 13.8 Å². The molecule has 1 amide bonds. The highest BCUT2D eigenvalue weighted by Gasteiger charge is 2.43. The van der Waals surface area contributed by atoms with Crippen LogP contribution in [0.15, 0.2) is 36.5 Å². The van der Waals surface area contributed by atoms with Crippen molar-refractivity contribution in [1.29, 1.82) is 0 Å². The van der Waals surface area contributed by atoms with Gasteiger partial charge in [0.1, 0.15) is 16.9 Å². The smallest absolute Gasteiger partial charge is 0.420 e. The van der Waals surface area contributed by atoms with E-state index >= 15 is 0 Å². The number of fused-ring (bicyclic) bond motifs is 1. The lowest BCUT2D eigenvalue weighted by molar-refractivity contribution is -0.304. The number of carboxylic acid groups (broad SMARTS) is 1. The quantitative estimate of drug-likeness (QED) is 0.369. The molecule has 0 aliphatic heterocycles. The van der Waals surface area contributed by atoms with Crippen molar-refractivity contribution >= 4 is 28.5 Å². The number of ether oxygens (including phenoxy) is 1. The predicted molar refractivity (Wildman–Crippen MR) is 107 cm³/mol. The summed E-state index contributed by atoms with van der Waals surface area (Å²) < 4.78 is 87.7. The van der Waals surface area contributed by atoms with Gasteiger partial charge in [-0.2, -0.15) is 26.3 Å². The Morgan fingerprint density at radius 3 is 2.12 bits per heavy atom. The summed E-state index contributed by atoms with van der Waals surface area (Å²) in [5.74, 6) is -4.96. The lowest BCUT2D eigenvalue weighted by atomic mass is 10.0. The number of carboxylic acids is 1. The molecule has 0 atom stereocenters. The van der Waals surface area contributed by atoms with Gasteiger partial charge in [0.25, 0.3) is 0 Å². The maximum atomic E-state index is 13.8. The van der Waals surface area contributed by atoms with E-state index in [0.717, 1.165) is 5.56 Å². The number of benzene rings is 2. The first kappa shape index (κ1) is 24.9. The van der Waals surface area contributed by atoms with Crippen LogP contribution in [0, 0.1) is 0 Å². The monoisotopic (exact) mass is 487 g/mol. The summed E-state index contributed by atoms with van der Waals surface area (Å²) in [5, 5.41) is 12.8. The summed E-state index contributed by atoms with van der Waals surface area (Å²) in [7, 11) is 0. The fourth-order valence-electron chi connectivity index (χ4n) is 3.35. The number of hydrogen-bond donors (Lipinski definition) is 2. The van der Waals surface area contributed by atoms with Gasteiger partial charge in [0.05, 0.1) is 12.4 Å². The maximum Gasteiger partial charge on any atom is 0.420 e. The molecule has 3 aromatic rings. The molecule has 12 heteroatoms. The van der Waals surface area contributed by atoms with E-state index in [1.165, 1.54) is 18.2 Å². The van der Waals surface area contributed by atoms with E-state index in [1.54, 1.807) is 11.5 Å². The number of carbonyl (C=O) groups excluding carboxylic acids is 2. The summed E-state index contributed by atoms with van der Waals surface area (Å²) >= 11 is 0. The van der Waals surface area contributed by atoms with Crippen molar-refractivity contribution in [2.75, 3.05) is 5.32 Å². The van der Waals surface area contributed by atoms with Crippen LogP contribution in [0.5, 0.6) is 11.5 Å². The Bertz CT molecular complexity index is 1210. The molecule has 0 spiro atoms. The Kier molecular flexibility index (Phi) is 6.54. The van der Waals surface area contributed by atoms with Gasteiger partial charge in [-0.25, -0.2) is 0 Å². The van der Waals surface area contributed by atoms with Crippen molar-refractivity contribution in [3.8, 4) is 11.5 Å². The molecule has 0 aliphatic carbocycles. The van der Waals surface area contributed by atoms with Gasteiger partial charge in [0.15, 0.2) is 5.75 Å². The summed E-state index contributed by atoms with van der Waals surface area (Å²) in [5.41, 5.74) is -3.09. The second-order valence-electron chi connectivity index (χ2n) is 7.70. The van der Waals surface area contributed by atoms with Gasteiger partial charge in [0.2, 0.25) is 5.91 Å². The fourth-order valence-corrected chi connectivity index (χ4v) is 3.35. The first-order chi connectivity index (χ1) is 15.7. The van der Waals surface area contributed by atoms with Crippen LogP contribution < -0.4 is 15.2 Å². The summed E-state index contributed by atoms with van der Waals surface area (Å²) in [6.07, 6.45) is -10.2. The number of H-pyrrole nitrogens is 1. The van der Waals surface area contributed by atoms with Crippen LogP contribution >= 0.6 is 0 Å². The minimum Gasteiger partial charge on any atom is -0.550 e. The van der Waals surface area contributed by atoms with Gasteiger partial charge in [-0.1, -0.05) is 13.8 Å². The number of aromatic nitrogens is 1. The first-order valence-corrected chi connectivity index (χ1v) is 9.78. The number of alkyl halides is 6.